The van der Waals surface area contributed by atoms with Crippen LogP contribution >= 0.6 is 0 Å². The van der Waals surface area contributed by atoms with Gasteiger partial charge in [0.1, 0.15) is 6.04 Å². The number of benzene rings is 1. The molecule has 104 valence electrons. The Balaban J connectivity index is 2.38. The molecule has 0 aliphatic carbocycles. The molecule has 0 aromatic heterocycles. The molecule has 7 heteroatoms. The van der Waals surface area contributed by atoms with Crippen LogP contribution < -0.4 is 5.73 Å². The van der Waals surface area contributed by atoms with Crippen LogP contribution in [-0.4, -0.2) is 42.4 Å². The Labute approximate surface area is 111 Å². The van der Waals surface area contributed by atoms with E-state index in [9.17, 15) is 18.3 Å². The van der Waals surface area contributed by atoms with Crippen molar-refractivity contribution in [3.8, 4) is 0 Å². The van der Waals surface area contributed by atoms with Crippen molar-refractivity contribution in [2.75, 3.05) is 6.54 Å². The third-order valence-electron chi connectivity index (χ3n) is 3.19. The van der Waals surface area contributed by atoms with Crippen LogP contribution in [0, 0.1) is 6.92 Å². The fraction of sp³-hybridized carbons (Fsp3) is 0.417. The van der Waals surface area contributed by atoms with Gasteiger partial charge in [-0.2, -0.15) is 4.31 Å². The number of nitrogens with two attached hydrogens (primary N) is 1. The molecule has 1 aliphatic heterocycles. The number of hydrogen-bond donors (Lipinski definition) is 2. The van der Waals surface area contributed by atoms with Crippen molar-refractivity contribution in [1.82, 2.24) is 4.31 Å². The molecule has 1 aromatic rings. The summed E-state index contributed by atoms with van der Waals surface area (Å²) in [6.07, 6.45) is -0.821. The van der Waals surface area contributed by atoms with Crippen LogP contribution in [0.4, 0.5) is 0 Å². The topological polar surface area (TPSA) is 101 Å². The predicted molar refractivity (Wildman–Crippen MR) is 68.7 cm³/mol. The van der Waals surface area contributed by atoms with Crippen molar-refractivity contribution in [2.24, 2.45) is 5.73 Å². The summed E-state index contributed by atoms with van der Waals surface area (Å²) < 4.78 is 25.8. The SMILES string of the molecule is Cc1ccc(S(=O)(=O)N2CC(O)CC2C(N)=O)cc1. The Morgan fingerprint density at radius 1 is 1.37 bits per heavy atom. The van der Waals surface area contributed by atoms with Gasteiger partial charge < -0.3 is 10.8 Å². The molecule has 2 rings (SSSR count). The van der Waals surface area contributed by atoms with Crippen LogP contribution in [0.1, 0.15) is 12.0 Å². The van der Waals surface area contributed by atoms with Crippen molar-refractivity contribution in [1.29, 1.82) is 0 Å². The molecule has 1 aliphatic rings. The van der Waals surface area contributed by atoms with Crippen LogP contribution in [0.3, 0.4) is 0 Å². The number of rotatable bonds is 3. The Bertz CT molecular complexity index is 582. The van der Waals surface area contributed by atoms with Gasteiger partial charge in [0.15, 0.2) is 0 Å². The number of sulfonamides is 1. The summed E-state index contributed by atoms with van der Waals surface area (Å²) in [5, 5.41) is 9.56. The normalized spacial score (nSPS) is 24.5. The number of nitrogens with zero attached hydrogens (tertiary/aromatic N) is 1. The zero-order valence-corrected chi connectivity index (χ0v) is 11.3. The fourth-order valence-corrected chi connectivity index (χ4v) is 3.80. The Morgan fingerprint density at radius 3 is 2.47 bits per heavy atom. The first-order valence-corrected chi connectivity index (χ1v) is 7.32. The molecule has 1 heterocycles. The van der Waals surface area contributed by atoms with Gasteiger partial charge in [0.2, 0.25) is 15.9 Å². The lowest BCUT2D eigenvalue weighted by atomic mass is 10.2. The van der Waals surface area contributed by atoms with Gasteiger partial charge >= 0.3 is 0 Å². The molecule has 2 unspecified atom stereocenters. The molecule has 2 atom stereocenters. The smallest absolute Gasteiger partial charge is 0.243 e. The van der Waals surface area contributed by atoms with Gasteiger partial charge in [-0.1, -0.05) is 17.7 Å². The van der Waals surface area contributed by atoms with Crippen LogP contribution in [0.25, 0.3) is 0 Å². The van der Waals surface area contributed by atoms with Gasteiger partial charge in [-0.05, 0) is 19.1 Å². The number of aliphatic hydroxyl groups excluding tert-OH is 1. The largest absolute Gasteiger partial charge is 0.392 e. The second kappa shape index (κ2) is 4.92. The number of carbonyl (C=O) groups is 1. The number of carbonyl (C=O) groups excluding carboxylic acids is 1. The van der Waals surface area contributed by atoms with E-state index in [0.717, 1.165) is 9.87 Å². The first-order chi connectivity index (χ1) is 8.82. The molecule has 0 bridgehead atoms. The average Bonchev–Trinajstić information content (AvgIpc) is 2.73. The zero-order chi connectivity index (χ0) is 14.2. The third kappa shape index (κ3) is 2.63. The molecular formula is C12H16N2O4S. The van der Waals surface area contributed by atoms with Crippen molar-refractivity contribution in [2.45, 2.75) is 30.4 Å². The fourth-order valence-electron chi connectivity index (χ4n) is 2.15. The molecule has 1 aromatic carbocycles. The van der Waals surface area contributed by atoms with E-state index in [1.54, 1.807) is 12.1 Å². The molecule has 0 saturated carbocycles. The van der Waals surface area contributed by atoms with E-state index in [1.807, 2.05) is 6.92 Å². The monoisotopic (exact) mass is 284 g/mol. The van der Waals surface area contributed by atoms with Crippen LogP contribution in [0.2, 0.25) is 0 Å². The first kappa shape index (κ1) is 14.0. The Morgan fingerprint density at radius 2 is 1.95 bits per heavy atom. The molecule has 1 fully saturated rings. The van der Waals surface area contributed by atoms with Gasteiger partial charge in [-0.3, -0.25) is 4.79 Å². The number of aryl methyl sites for hydroxylation is 1. The minimum Gasteiger partial charge on any atom is -0.392 e. The van der Waals surface area contributed by atoms with Crippen LogP contribution in [-0.2, 0) is 14.8 Å². The van der Waals surface area contributed by atoms with E-state index in [1.165, 1.54) is 12.1 Å². The molecule has 0 spiro atoms. The number of β-amino-alcohol motifs (C(OH)–C–C–N with tert-alkyl or cyclic N) is 1. The third-order valence-corrected chi connectivity index (χ3v) is 5.08. The van der Waals surface area contributed by atoms with E-state index in [2.05, 4.69) is 0 Å². The molecule has 6 nitrogen and oxygen atoms in total. The standard InChI is InChI=1S/C12H16N2O4S/c1-8-2-4-10(5-3-8)19(17,18)14-7-9(15)6-11(14)12(13)16/h2-5,9,11,15H,6-7H2,1H3,(H2,13,16). The summed E-state index contributed by atoms with van der Waals surface area (Å²) in [6.45, 7) is 1.74. The van der Waals surface area contributed by atoms with E-state index in [4.69, 9.17) is 5.73 Å². The minimum absolute atomic E-state index is 0.0421. The van der Waals surface area contributed by atoms with E-state index < -0.39 is 28.1 Å². The van der Waals surface area contributed by atoms with Gasteiger partial charge in [0.05, 0.1) is 11.0 Å². The highest BCUT2D eigenvalue weighted by Gasteiger charge is 2.42. The number of hydrogen-bond acceptors (Lipinski definition) is 4. The Kier molecular flexibility index (Phi) is 3.62. The van der Waals surface area contributed by atoms with E-state index >= 15 is 0 Å². The number of aliphatic hydroxyl groups is 1. The lowest BCUT2D eigenvalue weighted by Gasteiger charge is -2.21. The lowest BCUT2D eigenvalue weighted by Crippen LogP contribution is -2.43. The highest BCUT2D eigenvalue weighted by molar-refractivity contribution is 7.89. The Hall–Kier alpha value is -1.44. The highest BCUT2D eigenvalue weighted by Crippen LogP contribution is 2.26. The van der Waals surface area contributed by atoms with Crippen molar-refractivity contribution in [3.05, 3.63) is 29.8 Å². The summed E-state index contributed by atoms with van der Waals surface area (Å²) >= 11 is 0. The summed E-state index contributed by atoms with van der Waals surface area (Å²) in [5.41, 5.74) is 6.13. The van der Waals surface area contributed by atoms with Crippen LogP contribution in [0.5, 0.6) is 0 Å². The molecular weight excluding hydrogens is 268 g/mol. The minimum atomic E-state index is -3.81. The lowest BCUT2D eigenvalue weighted by molar-refractivity contribution is -0.121. The quantitative estimate of drug-likeness (QED) is 0.789. The van der Waals surface area contributed by atoms with Gasteiger partial charge in [-0.25, -0.2) is 8.42 Å². The summed E-state index contributed by atoms with van der Waals surface area (Å²) in [4.78, 5) is 11.4. The summed E-state index contributed by atoms with van der Waals surface area (Å²) in [7, 11) is -3.81. The summed E-state index contributed by atoms with van der Waals surface area (Å²) in [6, 6.07) is 5.33. The van der Waals surface area contributed by atoms with Crippen molar-refractivity contribution in [3.63, 3.8) is 0 Å². The van der Waals surface area contributed by atoms with Gasteiger partial charge in [-0.15, -0.1) is 0 Å². The predicted octanol–water partition coefficient (Wildman–Crippen LogP) is -0.396. The molecule has 1 amide bonds. The molecule has 3 N–H and O–H groups in total. The maximum absolute atomic E-state index is 12.4. The second-order valence-corrected chi connectivity index (χ2v) is 6.59. The summed E-state index contributed by atoms with van der Waals surface area (Å²) in [5.74, 6) is -0.743. The van der Waals surface area contributed by atoms with E-state index in [-0.39, 0.29) is 17.9 Å². The van der Waals surface area contributed by atoms with Crippen molar-refractivity contribution < 1.29 is 18.3 Å². The van der Waals surface area contributed by atoms with Gasteiger partial charge in [0.25, 0.3) is 0 Å². The maximum atomic E-state index is 12.4. The molecule has 0 radical (unpaired) electrons. The second-order valence-electron chi connectivity index (χ2n) is 4.70. The first-order valence-electron chi connectivity index (χ1n) is 5.88. The highest BCUT2D eigenvalue weighted by atomic mass is 32.2. The maximum Gasteiger partial charge on any atom is 0.243 e. The molecule has 19 heavy (non-hydrogen) atoms. The zero-order valence-electron chi connectivity index (χ0n) is 10.5. The van der Waals surface area contributed by atoms with Crippen LogP contribution in [0.15, 0.2) is 29.2 Å². The van der Waals surface area contributed by atoms with Gasteiger partial charge in [0, 0.05) is 13.0 Å². The van der Waals surface area contributed by atoms with Crippen molar-refractivity contribution >= 4 is 15.9 Å². The number of amides is 1. The number of primary amides is 1. The average molecular weight is 284 g/mol. The van der Waals surface area contributed by atoms with E-state index in [0.29, 0.717) is 0 Å². The molecule has 1 saturated heterocycles.